The third-order valence-corrected chi connectivity index (χ3v) is 2.80. The molecule has 0 saturated heterocycles. The first-order chi connectivity index (χ1) is 5.46. The second-order valence-electron chi connectivity index (χ2n) is 2.25. The monoisotopic (exact) mass is 214 g/mol. The molecule has 0 bridgehead atoms. The van der Waals surface area contributed by atoms with E-state index < -0.39 is 11.7 Å². The normalized spacial score (nSPS) is 12.1. The van der Waals surface area contributed by atoms with Gasteiger partial charge in [0.25, 0.3) is 0 Å². The van der Waals surface area contributed by atoms with Crippen LogP contribution in [0.2, 0.25) is 4.34 Å². The molecule has 0 aliphatic rings. The van der Waals surface area contributed by atoms with Crippen LogP contribution in [-0.4, -0.2) is 0 Å². The molecule has 1 heterocycles. The lowest BCUT2D eigenvalue weighted by atomic mass is 10.1. The first kappa shape index (κ1) is 9.86. The van der Waals surface area contributed by atoms with Crippen molar-refractivity contribution in [1.29, 1.82) is 0 Å². The summed E-state index contributed by atoms with van der Waals surface area (Å²) in [7, 11) is 0. The van der Waals surface area contributed by atoms with Crippen LogP contribution in [0.5, 0.6) is 0 Å². The minimum Gasteiger partial charge on any atom is -0.166 e. The van der Waals surface area contributed by atoms with Crippen LogP contribution in [0.15, 0.2) is 5.38 Å². The predicted molar refractivity (Wildman–Crippen MR) is 43.7 cm³/mol. The lowest BCUT2D eigenvalue weighted by molar-refractivity contribution is -0.137. The maximum Gasteiger partial charge on any atom is 0.417 e. The van der Waals surface area contributed by atoms with Crippen molar-refractivity contribution in [3.8, 4) is 0 Å². The molecule has 1 aromatic rings. The van der Waals surface area contributed by atoms with Gasteiger partial charge in [0.15, 0.2) is 0 Å². The van der Waals surface area contributed by atoms with Gasteiger partial charge < -0.3 is 0 Å². The van der Waals surface area contributed by atoms with E-state index >= 15 is 0 Å². The highest BCUT2D eigenvalue weighted by molar-refractivity contribution is 7.14. The van der Waals surface area contributed by atoms with Crippen LogP contribution in [0.3, 0.4) is 0 Å². The SMILES string of the molecule is CCc1c(C(F)(F)F)csc1Cl. The van der Waals surface area contributed by atoms with Crippen molar-refractivity contribution < 1.29 is 13.2 Å². The topological polar surface area (TPSA) is 0 Å². The lowest BCUT2D eigenvalue weighted by Crippen LogP contribution is -2.06. The van der Waals surface area contributed by atoms with Gasteiger partial charge in [-0.15, -0.1) is 11.3 Å². The molecule has 0 saturated carbocycles. The zero-order valence-corrected chi connectivity index (χ0v) is 7.78. The van der Waals surface area contributed by atoms with Crippen molar-refractivity contribution in [2.45, 2.75) is 19.5 Å². The molecule has 0 aliphatic heterocycles. The summed E-state index contributed by atoms with van der Waals surface area (Å²) < 4.78 is 36.8. The van der Waals surface area contributed by atoms with E-state index in [0.29, 0.717) is 6.42 Å². The van der Waals surface area contributed by atoms with Crippen LogP contribution >= 0.6 is 22.9 Å². The van der Waals surface area contributed by atoms with E-state index in [1.165, 1.54) is 0 Å². The van der Waals surface area contributed by atoms with E-state index in [9.17, 15) is 13.2 Å². The number of hydrogen-bond donors (Lipinski definition) is 0. The Labute approximate surface area is 77.0 Å². The van der Waals surface area contributed by atoms with E-state index in [1.807, 2.05) is 0 Å². The average Bonchev–Trinajstić information content (AvgIpc) is 2.29. The highest BCUT2D eigenvalue weighted by Gasteiger charge is 2.34. The van der Waals surface area contributed by atoms with E-state index in [-0.39, 0.29) is 9.90 Å². The molecule has 1 rings (SSSR count). The summed E-state index contributed by atoms with van der Waals surface area (Å²) in [4.78, 5) is 0. The largest absolute Gasteiger partial charge is 0.417 e. The molecule has 68 valence electrons. The molecule has 5 heteroatoms. The molecule has 0 spiro atoms. The smallest absolute Gasteiger partial charge is 0.166 e. The highest BCUT2D eigenvalue weighted by Crippen LogP contribution is 2.39. The molecule has 12 heavy (non-hydrogen) atoms. The Kier molecular flexibility index (Phi) is 2.68. The molecule has 0 fully saturated rings. The minimum atomic E-state index is -4.27. The minimum absolute atomic E-state index is 0.203. The molecular weight excluding hydrogens is 209 g/mol. The third kappa shape index (κ3) is 1.75. The Morgan fingerprint density at radius 2 is 2.08 bits per heavy atom. The maximum atomic E-state index is 12.2. The zero-order valence-electron chi connectivity index (χ0n) is 6.20. The number of thiophene rings is 1. The standard InChI is InChI=1S/C7H6ClF3S/c1-2-4-5(7(9,10)11)3-12-6(4)8/h3H,2H2,1H3. The second-order valence-corrected chi connectivity index (χ2v) is 3.73. The van der Waals surface area contributed by atoms with Crippen molar-refractivity contribution in [1.82, 2.24) is 0 Å². The van der Waals surface area contributed by atoms with Crippen LogP contribution in [0, 0.1) is 0 Å². The fraction of sp³-hybridized carbons (Fsp3) is 0.429. The molecule has 0 amide bonds. The van der Waals surface area contributed by atoms with Crippen LogP contribution in [0.4, 0.5) is 13.2 Å². The predicted octanol–water partition coefficient (Wildman–Crippen LogP) is 3.98. The molecule has 0 atom stereocenters. The summed E-state index contributed by atoms with van der Waals surface area (Å²) in [6.45, 7) is 1.66. The highest BCUT2D eigenvalue weighted by atomic mass is 35.5. The van der Waals surface area contributed by atoms with Crippen molar-refractivity contribution in [3.63, 3.8) is 0 Å². The number of alkyl halides is 3. The number of halogens is 4. The molecule has 0 nitrogen and oxygen atoms in total. The number of hydrogen-bond acceptors (Lipinski definition) is 1. The van der Waals surface area contributed by atoms with Gasteiger partial charge in [-0.05, 0) is 12.0 Å². The summed E-state index contributed by atoms with van der Waals surface area (Å²) in [6, 6.07) is 0. The van der Waals surface area contributed by atoms with Crippen molar-refractivity contribution >= 4 is 22.9 Å². The van der Waals surface area contributed by atoms with Gasteiger partial charge in [0, 0.05) is 5.38 Å². The van der Waals surface area contributed by atoms with Crippen LogP contribution in [-0.2, 0) is 12.6 Å². The Balaban J connectivity index is 3.16. The van der Waals surface area contributed by atoms with Crippen LogP contribution in [0.1, 0.15) is 18.1 Å². The fourth-order valence-electron chi connectivity index (χ4n) is 0.926. The first-order valence-corrected chi connectivity index (χ1v) is 4.55. The van der Waals surface area contributed by atoms with Gasteiger partial charge in [-0.2, -0.15) is 13.2 Å². The summed E-state index contributed by atoms with van der Waals surface area (Å²) in [6.07, 6.45) is -3.95. The Morgan fingerprint density at radius 1 is 1.50 bits per heavy atom. The second kappa shape index (κ2) is 3.26. The van der Waals surface area contributed by atoms with E-state index in [1.54, 1.807) is 6.92 Å². The molecule has 0 N–H and O–H groups in total. The Hall–Kier alpha value is -0.220. The van der Waals surface area contributed by atoms with Gasteiger partial charge in [-0.1, -0.05) is 18.5 Å². The molecule has 0 unspecified atom stereocenters. The molecule has 1 aromatic heterocycles. The summed E-state index contributed by atoms with van der Waals surface area (Å²) in [5.41, 5.74) is -0.394. The van der Waals surface area contributed by atoms with Crippen molar-refractivity contribution in [3.05, 3.63) is 20.8 Å². The van der Waals surface area contributed by atoms with Gasteiger partial charge in [0.05, 0.1) is 9.90 Å². The summed E-state index contributed by atoms with van der Waals surface area (Å²) in [5, 5.41) is 1.06. The summed E-state index contributed by atoms with van der Waals surface area (Å²) in [5.74, 6) is 0. The molecule has 0 aromatic carbocycles. The van der Waals surface area contributed by atoms with Gasteiger partial charge in [0.2, 0.25) is 0 Å². The quantitative estimate of drug-likeness (QED) is 0.663. The molecule has 0 aliphatic carbocycles. The van der Waals surface area contributed by atoms with Crippen molar-refractivity contribution in [2.24, 2.45) is 0 Å². The van der Waals surface area contributed by atoms with Gasteiger partial charge in [0.1, 0.15) is 0 Å². The van der Waals surface area contributed by atoms with E-state index in [4.69, 9.17) is 11.6 Å². The number of rotatable bonds is 1. The van der Waals surface area contributed by atoms with Gasteiger partial charge in [-0.3, -0.25) is 0 Å². The Bertz CT molecular complexity index is 277. The molecule has 0 radical (unpaired) electrons. The van der Waals surface area contributed by atoms with Crippen molar-refractivity contribution in [2.75, 3.05) is 0 Å². The van der Waals surface area contributed by atoms with E-state index in [2.05, 4.69) is 0 Å². The Morgan fingerprint density at radius 3 is 2.42 bits per heavy atom. The fourth-order valence-corrected chi connectivity index (χ4v) is 2.19. The maximum absolute atomic E-state index is 12.2. The van der Waals surface area contributed by atoms with Gasteiger partial charge in [-0.25, -0.2) is 0 Å². The average molecular weight is 215 g/mol. The van der Waals surface area contributed by atoms with E-state index in [0.717, 1.165) is 16.7 Å². The molecular formula is C7H6ClF3S. The van der Waals surface area contributed by atoms with Crippen LogP contribution in [0.25, 0.3) is 0 Å². The zero-order chi connectivity index (χ0) is 9.35. The third-order valence-electron chi connectivity index (χ3n) is 1.50. The first-order valence-electron chi connectivity index (χ1n) is 3.30. The van der Waals surface area contributed by atoms with Crippen LogP contribution < -0.4 is 0 Å². The summed E-state index contributed by atoms with van der Waals surface area (Å²) >= 11 is 6.50. The van der Waals surface area contributed by atoms with Gasteiger partial charge >= 0.3 is 6.18 Å². The lowest BCUT2D eigenvalue weighted by Gasteiger charge is -2.05.